The van der Waals surface area contributed by atoms with Crippen LogP contribution in [0.5, 0.6) is 0 Å². The van der Waals surface area contributed by atoms with E-state index >= 15 is 0 Å². The topological polar surface area (TPSA) is 38.3 Å². The van der Waals surface area contributed by atoms with Crippen molar-refractivity contribution in [2.45, 2.75) is 31.8 Å². The molecule has 0 bridgehead atoms. The van der Waals surface area contributed by atoms with Gasteiger partial charge in [0.15, 0.2) is 0 Å². The van der Waals surface area contributed by atoms with Crippen LogP contribution in [-0.4, -0.2) is 19.6 Å². The van der Waals surface area contributed by atoms with Gasteiger partial charge in [0.05, 0.1) is 6.54 Å². The first-order chi connectivity index (χ1) is 11.2. The lowest BCUT2D eigenvalue weighted by molar-refractivity contribution is -0.123. The largest absolute Gasteiger partial charge is 0.372 e. The van der Waals surface area contributed by atoms with Crippen LogP contribution in [0, 0.1) is 0 Å². The summed E-state index contributed by atoms with van der Waals surface area (Å²) in [5, 5.41) is 3.03. The lowest BCUT2D eigenvalue weighted by Crippen LogP contribution is -2.42. The first-order valence-electron chi connectivity index (χ1n) is 8.11. The predicted octanol–water partition coefficient (Wildman–Crippen LogP) is 3.69. The SMILES string of the molecule is CCC(CNC(=O)CCc1ccccc1)(OC)c1ccccc1. The molecule has 0 fully saturated rings. The van der Waals surface area contributed by atoms with Crippen molar-refractivity contribution in [2.24, 2.45) is 0 Å². The molecule has 0 aromatic heterocycles. The van der Waals surface area contributed by atoms with E-state index in [2.05, 4.69) is 12.2 Å². The van der Waals surface area contributed by atoms with Crippen molar-refractivity contribution < 1.29 is 9.53 Å². The molecule has 2 aromatic carbocycles. The Kier molecular flexibility index (Phi) is 6.36. The van der Waals surface area contributed by atoms with Gasteiger partial charge in [-0.05, 0) is 24.0 Å². The minimum absolute atomic E-state index is 0.0552. The normalized spacial score (nSPS) is 13.3. The fourth-order valence-electron chi connectivity index (χ4n) is 2.74. The Morgan fingerprint density at radius 3 is 2.22 bits per heavy atom. The highest BCUT2D eigenvalue weighted by atomic mass is 16.5. The molecule has 0 saturated carbocycles. The number of aryl methyl sites for hydroxylation is 1. The maximum Gasteiger partial charge on any atom is 0.220 e. The molecule has 122 valence electrons. The second-order valence-electron chi connectivity index (χ2n) is 5.68. The maximum atomic E-state index is 12.2. The average Bonchev–Trinajstić information content (AvgIpc) is 2.63. The van der Waals surface area contributed by atoms with E-state index in [9.17, 15) is 4.79 Å². The van der Waals surface area contributed by atoms with Crippen molar-refractivity contribution in [3.63, 3.8) is 0 Å². The summed E-state index contributed by atoms with van der Waals surface area (Å²) in [6.07, 6.45) is 2.04. The van der Waals surface area contributed by atoms with Crippen LogP contribution in [0.3, 0.4) is 0 Å². The predicted molar refractivity (Wildman–Crippen MR) is 93.2 cm³/mol. The van der Waals surface area contributed by atoms with Crippen molar-refractivity contribution in [1.29, 1.82) is 0 Å². The zero-order valence-corrected chi connectivity index (χ0v) is 13.9. The molecule has 1 atom stereocenters. The number of carbonyl (C=O) groups is 1. The van der Waals surface area contributed by atoms with E-state index in [1.807, 2.05) is 60.7 Å². The van der Waals surface area contributed by atoms with Crippen molar-refractivity contribution in [1.82, 2.24) is 5.32 Å². The number of methoxy groups -OCH3 is 1. The number of benzene rings is 2. The highest BCUT2D eigenvalue weighted by Gasteiger charge is 2.30. The van der Waals surface area contributed by atoms with Crippen molar-refractivity contribution in [2.75, 3.05) is 13.7 Å². The molecular weight excluding hydrogens is 286 g/mol. The van der Waals surface area contributed by atoms with Gasteiger partial charge in [-0.25, -0.2) is 0 Å². The Morgan fingerprint density at radius 1 is 1.04 bits per heavy atom. The molecular formula is C20H25NO2. The number of nitrogens with one attached hydrogen (secondary N) is 1. The fraction of sp³-hybridized carbons (Fsp3) is 0.350. The average molecular weight is 311 g/mol. The van der Waals surface area contributed by atoms with E-state index in [4.69, 9.17) is 4.74 Å². The van der Waals surface area contributed by atoms with Crippen LogP contribution in [0.4, 0.5) is 0 Å². The molecule has 0 aliphatic heterocycles. The number of amides is 1. The second kappa shape index (κ2) is 8.49. The van der Waals surface area contributed by atoms with E-state index < -0.39 is 5.60 Å². The monoisotopic (exact) mass is 311 g/mol. The van der Waals surface area contributed by atoms with Crippen LogP contribution in [0.1, 0.15) is 30.9 Å². The van der Waals surface area contributed by atoms with E-state index in [0.717, 1.165) is 18.4 Å². The van der Waals surface area contributed by atoms with Gasteiger partial charge in [0.25, 0.3) is 0 Å². The van der Waals surface area contributed by atoms with Gasteiger partial charge < -0.3 is 10.1 Å². The standard InChI is InChI=1S/C20H25NO2/c1-3-20(23-2,18-12-8-5-9-13-18)16-21-19(22)15-14-17-10-6-4-7-11-17/h4-13H,3,14-16H2,1-2H3,(H,21,22). The molecule has 0 aliphatic carbocycles. The van der Waals surface area contributed by atoms with Gasteiger partial charge in [0.2, 0.25) is 5.91 Å². The lowest BCUT2D eigenvalue weighted by Gasteiger charge is -2.32. The third-order valence-electron chi connectivity index (χ3n) is 4.32. The zero-order chi connectivity index (χ0) is 16.5. The van der Waals surface area contributed by atoms with Crippen LogP contribution >= 0.6 is 0 Å². The van der Waals surface area contributed by atoms with E-state index in [1.54, 1.807) is 7.11 Å². The molecule has 0 saturated heterocycles. The maximum absolute atomic E-state index is 12.2. The first-order valence-corrected chi connectivity index (χ1v) is 8.11. The number of hydrogen-bond donors (Lipinski definition) is 1. The van der Waals surface area contributed by atoms with Crippen LogP contribution in [-0.2, 0) is 21.6 Å². The third-order valence-corrected chi connectivity index (χ3v) is 4.32. The highest BCUT2D eigenvalue weighted by Crippen LogP contribution is 2.28. The summed E-state index contributed by atoms with van der Waals surface area (Å²) in [7, 11) is 1.70. The summed E-state index contributed by atoms with van der Waals surface area (Å²) in [5.74, 6) is 0.0552. The molecule has 0 heterocycles. The Morgan fingerprint density at radius 2 is 1.65 bits per heavy atom. The lowest BCUT2D eigenvalue weighted by atomic mass is 9.90. The van der Waals surface area contributed by atoms with Gasteiger partial charge in [0, 0.05) is 13.5 Å². The molecule has 1 amide bonds. The van der Waals surface area contributed by atoms with Crippen LogP contribution in [0.2, 0.25) is 0 Å². The molecule has 3 heteroatoms. The van der Waals surface area contributed by atoms with Gasteiger partial charge in [-0.3, -0.25) is 4.79 Å². The molecule has 3 nitrogen and oxygen atoms in total. The summed E-state index contributed by atoms with van der Waals surface area (Å²) in [6, 6.07) is 20.1. The molecule has 1 N–H and O–H groups in total. The molecule has 1 unspecified atom stereocenters. The van der Waals surface area contributed by atoms with Crippen LogP contribution < -0.4 is 5.32 Å². The van der Waals surface area contributed by atoms with Gasteiger partial charge >= 0.3 is 0 Å². The Balaban J connectivity index is 1.92. The Bertz CT molecular complexity index is 592. The first kappa shape index (κ1) is 17.2. The van der Waals surface area contributed by atoms with Gasteiger partial charge in [0.1, 0.15) is 5.60 Å². The number of hydrogen-bond acceptors (Lipinski definition) is 2. The third kappa shape index (κ3) is 4.67. The van der Waals surface area contributed by atoms with E-state index in [1.165, 1.54) is 5.56 Å². The summed E-state index contributed by atoms with van der Waals surface area (Å²) < 4.78 is 5.77. The van der Waals surface area contributed by atoms with E-state index in [-0.39, 0.29) is 5.91 Å². The molecule has 0 radical (unpaired) electrons. The Hall–Kier alpha value is -2.13. The quantitative estimate of drug-likeness (QED) is 0.807. The minimum Gasteiger partial charge on any atom is -0.372 e. The van der Waals surface area contributed by atoms with Crippen molar-refractivity contribution >= 4 is 5.91 Å². The molecule has 23 heavy (non-hydrogen) atoms. The number of carbonyl (C=O) groups excluding carboxylic acids is 1. The molecule has 2 aromatic rings. The second-order valence-corrected chi connectivity index (χ2v) is 5.68. The number of ether oxygens (including phenoxy) is 1. The number of rotatable bonds is 8. The van der Waals surface area contributed by atoms with Crippen LogP contribution in [0.15, 0.2) is 60.7 Å². The van der Waals surface area contributed by atoms with Gasteiger partial charge in [-0.1, -0.05) is 67.6 Å². The molecule has 2 rings (SSSR count). The summed E-state index contributed by atoms with van der Waals surface area (Å²) in [6.45, 7) is 2.56. The van der Waals surface area contributed by atoms with E-state index in [0.29, 0.717) is 13.0 Å². The molecule has 0 spiro atoms. The van der Waals surface area contributed by atoms with Crippen LogP contribution in [0.25, 0.3) is 0 Å². The highest BCUT2D eigenvalue weighted by molar-refractivity contribution is 5.76. The Labute approximate surface area is 138 Å². The minimum atomic E-state index is -0.469. The van der Waals surface area contributed by atoms with Crippen molar-refractivity contribution in [3.8, 4) is 0 Å². The zero-order valence-electron chi connectivity index (χ0n) is 13.9. The summed E-state index contributed by atoms with van der Waals surface area (Å²) in [4.78, 5) is 12.2. The summed E-state index contributed by atoms with van der Waals surface area (Å²) in [5.41, 5.74) is 1.80. The fourth-order valence-corrected chi connectivity index (χ4v) is 2.74. The molecule has 0 aliphatic rings. The smallest absolute Gasteiger partial charge is 0.220 e. The van der Waals surface area contributed by atoms with Crippen molar-refractivity contribution in [3.05, 3.63) is 71.8 Å². The van der Waals surface area contributed by atoms with Gasteiger partial charge in [-0.2, -0.15) is 0 Å². The summed E-state index contributed by atoms with van der Waals surface area (Å²) >= 11 is 0. The van der Waals surface area contributed by atoms with Gasteiger partial charge in [-0.15, -0.1) is 0 Å².